The lowest BCUT2D eigenvalue weighted by molar-refractivity contribution is -0.127. The molecule has 1 unspecified atom stereocenters. The van der Waals surface area contributed by atoms with E-state index in [4.69, 9.17) is 16.3 Å². The van der Waals surface area contributed by atoms with Gasteiger partial charge >= 0.3 is 0 Å². The molecule has 1 N–H and O–H groups in total. The maximum atomic E-state index is 12.3. The summed E-state index contributed by atoms with van der Waals surface area (Å²) < 4.78 is 5.70. The van der Waals surface area contributed by atoms with Crippen LogP contribution in [0.1, 0.15) is 23.7 Å². The van der Waals surface area contributed by atoms with Crippen LogP contribution in [0.4, 0.5) is 0 Å². The molecule has 1 heterocycles. The molecular formula is C21H21ClN2O2S. The minimum absolute atomic E-state index is 0.188. The van der Waals surface area contributed by atoms with Crippen LogP contribution in [0.2, 0.25) is 5.02 Å². The van der Waals surface area contributed by atoms with Crippen molar-refractivity contribution in [3.63, 3.8) is 0 Å². The Morgan fingerprint density at radius 2 is 1.96 bits per heavy atom. The Balaban J connectivity index is 1.55. The summed E-state index contributed by atoms with van der Waals surface area (Å²) in [5, 5.41) is 6.45. The molecule has 0 fully saturated rings. The van der Waals surface area contributed by atoms with E-state index in [1.165, 1.54) is 5.56 Å². The summed E-state index contributed by atoms with van der Waals surface area (Å²) in [6.07, 6.45) is -0.610. The number of carbonyl (C=O) groups is 1. The summed E-state index contributed by atoms with van der Waals surface area (Å²) in [5.41, 5.74) is 4.04. The third-order valence-corrected chi connectivity index (χ3v) is 5.47. The molecule has 4 nitrogen and oxygen atoms in total. The molecule has 0 aliphatic heterocycles. The number of nitrogens with one attached hydrogen (secondary N) is 1. The normalized spacial score (nSPS) is 11.9. The van der Waals surface area contributed by atoms with Gasteiger partial charge in [-0.3, -0.25) is 4.79 Å². The molecule has 0 bridgehead atoms. The number of nitrogens with zero attached hydrogens (tertiary/aromatic N) is 1. The average Bonchev–Trinajstić information content (AvgIpc) is 3.12. The molecule has 140 valence electrons. The molecule has 0 saturated carbocycles. The third kappa shape index (κ3) is 5.08. The van der Waals surface area contributed by atoms with Crippen LogP contribution in [0.3, 0.4) is 0 Å². The van der Waals surface area contributed by atoms with E-state index in [2.05, 4.69) is 41.5 Å². The number of rotatable bonds is 6. The fourth-order valence-corrected chi connectivity index (χ4v) is 3.43. The van der Waals surface area contributed by atoms with E-state index in [1.807, 2.05) is 18.4 Å². The van der Waals surface area contributed by atoms with Crippen molar-refractivity contribution in [2.45, 2.75) is 33.4 Å². The van der Waals surface area contributed by atoms with Crippen molar-refractivity contribution in [3.05, 3.63) is 69.7 Å². The van der Waals surface area contributed by atoms with Gasteiger partial charge in [0.1, 0.15) is 10.8 Å². The second kappa shape index (κ2) is 8.55. The highest BCUT2D eigenvalue weighted by molar-refractivity contribution is 7.13. The number of halogens is 1. The average molecular weight is 401 g/mol. The van der Waals surface area contributed by atoms with Crippen LogP contribution in [-0.4, -0.2) is 17.0 Å². The molecule has 0 radical (unpaired) electrons. The first-order valence-corrected chi connectivity index (χ1v) is 9.90. The van der Waals surface area contributed by atoms with Crippen molar-refractivity contribution in [2.24, 2.45) is 0 Å². The Bertz CT molecular complexity index is 938. The summed E-state index contributed by atoms with van der Waals surface area (Å²) in [5.74, 6) is 0.433. The number of thiazole rings is 1. The first-order chi connectivity index (χ1) is 12.9. The van der Waals surface area contributed by atoms with Crippen molar-refractivity contribution in [2.75, 3.05) is 0 Å². The lowest BCUT2D eigenvalue weighted by atomic mass is 10.2. The topological polar surface area (TPSA) is 51.2 Å². The van der Waals surface area contributed by atoms with Gasteiger partial charge in [-0.25, -0.2) is 4.98 Å². The van der Waals surface area contributed by atoms with Gasteiger partial charge in [-0.05, 0) is 44.5 Å². The zero-order valence-corrected chi connectivity index (χ0v) is 17.0. The molecular weight excluding hydrogens is 380 g/mol. The molecule has 0 aliphatic rings. The molecule has 3 aromatic rings. The summed E-state index contributed by atoms with van der Waals surface area (Å²) in [6, 6.07) is 13.6. The fourth-order valence-electron chi connectivity index (χ4n) is 2.49. The number of hydrogen-bond donors (Lipinski definition) is 1. The maximum absolute atomic E-state index is 12.3. The Morgan fingerprint density at radius 1 is 1.22 bits per heavy atom. The van der Waals surface area contributed by atoms with E-state index in [0.717, 1.165) is 21.8 Å². The van der Waals surface area contributed by atoms with Gasteiger partial charge in [-0.2, -0.15) is 0 Å². The number of carbonyl (C=O) groups excluding carboxylic acids is 1. The van der Waals surface area contributed by atoms with E-state index in [-0.39, 0.29) is 5.91 Å². The second-order valence-electron chi connectivity index (χ2n) is 6.40. The van der Waals surface area contributed by atoms with E-state index in [9.17, 15) is 4.79 Å². The first-order valence-electron chi connectivity index (χ1n) is 8.64. The van der Waals surface area contributed by atoms with E-state index < -0.39 is 6.10 Å². The molecule has 2 aromatic carbocycles. The van der Waals surface area contributed by atoms with Crippen LogP contribution >= 0.6 is 22.9 Å². The van der Waals surface area contributed by atoms with Crippen molar-refractivity contribution >= 4 is 28.8 Å². The zero-order valence-electron chi connectivity index (χ0n) is 15.5. The van der Waals surface area contributed by atoms with Crippen LogP contribution in [0, 0.1) is 13.8 Å². The lowest BCUT2D eigenvalue weighted by Crippen LogP contribution is -2.36. The molecule has 3 rings (SSSR count). The molecule has 0 aliphatic carbocycles. The van der Waals surface area contributed by atoms with E-state index in [0.29, 0.717) is 17.3 Å². The number of benzene rings is 2. The highest BCUT2D eigenvalue weighted by Crippen LogP contribution is 2.24. The van der Waals surface area contributed by atoms with Crippen LogP contribution < -0.4 is 10.1 Å². The Hall–Kier alpha value is -2.37. The third-order valence-electron chi connectivity index (χ3n) is 4.11. The molecule has 1 atom stereocenters. The quantitative estimate of drug-likeness (QED) is 0.621. The highest BCUT2D eigenvalue weighted by atomic mass is 35.5. The summed E-state index contributed by atoms with van der Waals surface area (Å²) in [4.78, 5) is 16.9. The standard InChI is InChI=1S/C21H21ClN2O2S/c1-13-4-6-16(7-5-13)21-24-17(12-27-21)11-23-20(25)15(3)26-18-8-9-19(22)14(2)10-18/h4-10,12,15H,11H2,1-3H3,(H,23,25). The molecule has 0 saturated heterocycles. The maximum Gasteiger partial charge on any atom is 0.261 e. The predicted octanol–water partition coefficient (Wildman–Crippen LogP) is 5.16. The molecule has 27 heavy (non-hydrogen) atoms. The highest BCUT2D eigenvalue weighted by Gasteiger charge is 2.15. The lowest BCUT2D eigenvalue weighted by Gasteiger charge is -2.15. The van der Waals surface area contributed by atoms with Gasteiger partial charge in [-0.1, -0.05) is 41.4 Å². The summed E-state index contributed by atoms with van der Waals surface area (Å²) in [6.45, 7) is 6.04. The summed E-state index contributed by atoms with van der Waals surface area (Å²) >= 11 is 7.58. The molecule has 1 aromatic heterocycles. The van der Waals surface area contributed by atoms with Crippen molar-refractivity contribution < 1.29 is 9.53 Å². The van der Waals surface area contributed by atoms with Crippen LogP contribution in [0.5, 0.6) is 5.75 Å². The minimum Gasteiger partial charge on any atom is -0.481 e. The monoisotopic (exact) mass is 400 g/mol. The molecule has 1 amide bonds. The number of aryl methyl sites for hydroxylation is 2. The van der Waals surface area contributed by atoms with Crippen molar-refractivity contribution in [1.29, 1.82) is 0 Å². The smallest absolute Gasteiger partial charge is 0.261 e. The van der Waals surface area contributed by atoms with Gasteiger partial charge in [0.2, 0.25) is 0 Å². The first kappa shape index (κ1) is 19.4. The minimum atomic E-state index is -0.610. The molecule has 6 heteroatoms. The number of hydrogen-bond acceptors (Lipinski definition) is 4. The van der Waals surface area contributed by atoms with E-state index >= 15 is 0 Å². The zero-order chi connectivity index (χ0) is 19.4. The predicted molar refractivity (Wildman–Crippen MR) is 110 cm³/mol. The fraction of sp³-hybridized carbons (Fsp3) is 0.238. The van der Waals surface area contributed by atoms with Crippen LogP contribution in [-0.2, 0) is 11.3 Å². The van der Waals surface area contributed by atoms with Gasteiger partial charge in [0, 0.05) is 16.0 Å². The second-order valence-corrected chi connectivity index (χ2v) is 7.66. The number of amides is 1. The van der Waals surface area contributed by atoms with Crippen molar-refractivity contribution in [3.8, 4) is 16.3 Å². The van der Waals surface area contributed by atoms with Crippen molar-refractivity contribution in [1.82, 2.24) is 10.3 Å². The Morgan fingerprint density at radius 3 is 2.67 bits per heavy atom. The Kier molecular flexibility index (Phi) is 6.14. The van der Waals surface area contributed by atoms with Gasteiger partial charge in [0.25, 0.3) is 5.91 Å². The van der Waals surface area contributed by atoms with Crippen LogP contribution in [0.25, 0.3) is 10.6 Å². The van der Waals surface area contributed by atoms with E-state index in [1.54, 1.807) is 30.4 Å². The summed E-state index contributed by atoms with van der Waals surface area (Å²) in [7, 11) is 0. The largest absolute Gasteiger partial charge is 0.481 e. The van der Waals surface area contributed by atoms with Gasteiger partial charge in [-0.15, -0.1) is 11.3 Å². The van der Waals surface area contributed by atoms with Gasteiger partial charge in [0.15, 0.2) is 6.10 Å². The SMILES string of the molecule is Cc1ccc(-c2nc(CNC(=O)C(C)Oc3ccc(Cl)c(C)c3)cs2)cc1. The number of aromatic nitrogens is 1. The molecule has 0 spiro atoms. The number of ether oxygens (including phenoxy) is 1. The Labute approximate surface area is 168 Å². The van der Waals surface area contributed by atoms with Gasteiger partial charge in [0.05, 0.1) is 12.2 Å². The van der Waals surface area contributed by atoms with Crippen LogP contribution in [0.15, 0.2) is 47.8 Å². The van der Waals surface area contributed by atoms with Gasteiger partial charge < -0.3 is 10.1 Å².